The first-order chi connectivity index (χ1) is 52.9. The summed E-state index contributed by atoms with van der Waals surface area (Å²) in [6, 6.07) is 101. The predicted molar refractivity (Wildman–Crippen MR) is 440 cm³/mol. The Morgan fingerprint density at radius 3 is 1.32 bits per heavy atom. The van der Waals surface area contributed by atoms with Crippen LogP contribution in [-0.4, -0.2) is 49.8 Å². The molecule has 0 radical (unpaired) electrons. The summed E-state index contributed by atoms with van der Waals surface area (Å²) in [5.74, 6) is 5.85. The molecule has 0 unspecified atom stereocenters. The first-order valence-electron chi connectivity index (χ1n) is 35.0. The van der Waals surface area contributed by atoms with E-state index in [1.165, 1.54) is 0 Å². The van der Waals surface area contributed by atoms with Crippen molar-refractivity contribution in [1.82, 2.24) is 49.8 Å². The van der Waals surface area contributed by atoms with Crippen LogP contribution in [-0.2, 0) is 0 Å². The number of fused-ring (bicyclic) bond motifs is 6. The van der Waals surface area contributed by atoms with E-state index in [0.29, 0.717) is 63.8 Å². The third-order valence-electron chi connectivity index (χ3n) is 18.6. The lowest BCUT2D eigenvalue weighted by Crippen LogP contribution is -2.00. The maximum absolute atomic E-state index is 6.59. The SMILES string of the molecule is C=C/C=C\C(=C/C)c1ccc(-c2nc(-c3ccccc3)nc(-c3cccc4sc5c(-c6nc(-c7cccc(-c8cccc(-c9nc(-c%10ccccc%10)nc(-c%10cccc%11sc%12c(-c%13nc(-c%14ccccc%14)ncc%13Oc%13ccccc%13)cccc%12c%10%11)n9)c8)c7)ncc6Sc6ccccc6)cccc5c34)n2)cc1. The minimum Gasteiger partial charge on any atom is -0.453 e. The van der Waals surface area contributed by atoms with Gasteiger partial charge in [-0.05, 0) is 77.7 Å². The largest absolute Gasteiger partial charge is 0.453 e. The summed E-state index contributed by atoms with van der Waals surface area (Å²) in [4.78, 5) is 54.5. The average molecular weight is 1430 g/mol. The molecule has 0 N–H and O–H groups in total. The zero-order valence-electron chi connectivity index (χ0n) is 57.6. The van der Waals surface area contributed by atoms with Gasteiger partial charge in [0.2, 0.25) is 0 Å². The van der Waals surface area contributed by atoms with Crippen molar-refractivity contribution in [2.75, 3.05) is 0 Å². The second kappa shape index (κ2) is 29.0. The maximum atomic E-state index is 6.59. The van der Waals surface area contributed by atoms with Gasteiger partial charge >= 0.3 is 0 Å². The summed E-state index contributed by atoms with van der Waals surface area (Å²) in [5.41, 5.74) is 14.6. The molecule has 11 nitrogen and oxygen atoms in total. The molecular weight excluding hydrogens is 1370 g/mol. The molecule has 0 saturated carbocycles. The lowest BCUT2D eigenvalue weighted by molar-refractivity contribution is 0.480. The molecule has 0 spiro atoms. The highest BCUT2D eigenvalue weighted by Crippen LogP contribution is 2.49. The number of aromatic nitrogens is 10. The normalized spacial score (nSPS) is 11.7. The van der Waals surface area contributed by atoms with E-state index in [2.05, 4.69) is 189 Å². The highest BCUT2D eigenvalue weighted by atomic mass is 32.2. The minimum absolute atomic E-state index is 0.538. The fourth-order valence-electron chi connectivity index (χ4n) is 13.5. The number of para-hydroxylation sites is 1. The molecule has 0 saturated heterocycles. The summed E-state index contributed by atoms with van der Waals surface area (Å²) in [6.07, 6.45) is 11.6. The number of rotatable bonds is 18. The van der Waals surface area contributed by atoms with Crippen LogP contribution in [0.4, 0.5) is 0 Å². The van der Waals surface area contributed by atoms with E-state index in [0.717, 1.165) is 134 Å². The molecule has 0 fully saturated rings. The van der Waals surface area contributed by atoms with Crippen LogP contribution in [0.3, 0.4) is 0 Å². The fourth-order valence-corrected chi connectivity index (χ4v) is 16.9. The molecule has 0 aliphatic carbocycles. The molecule has 107 heavy (non-hydrogen) atoms. The third-order valence-corrected chi connectivity index (χ3v) is 22.1. The first kappa shape index (κ1) is 65.6. The molecule has 0 atom stereocenters. The molecule has 6 heterocycles. The van der Waals surface area contributed by atoms with Crippen molar-refractivity contribution in [3.8, 4) is 136 Å². The average Bonchev–Trinajstić information content (AvgIpc) is 1.61. The van der Waals surface area contributed by atoms with Crippen LogP contribution in [0.25, 0.3) is 171 Å². The van der Waals surface area contributed by atoms with Crippen LogP contribution in [0.15, 0.2) is 350 Å². The number of allylic oxidation sites excluding steroid dienone is 5. The lowest BCUT2D eigenvalue weighted by Gasteiger charge is -2.13. The Balaban J connectivity index is 0.717. The van der Waals surface area contributed by atoms with Gasteiger partial charge in [0.05, 0.1) is 16.8 Å². The number of hydrogen-bond acceptors (Lipinski definition) is 14. The van der Waals surface area contributed by atoms with Crippen molar-refractivity contribution >= 4 is 80.4 Å². The molecule has 12 aromatic carbocycles. The fraction of sp³-hybridized carbons (Fsp3) is 0.0108. The van der Waals surface area contributed by atoms with Gasteiger partial charge in [0.1, 0.15) is 11.4 Å². The Hall–Kier alpha value is -13.4. The Morgan fingerprint density at radius 1 is 0.364 bits per heavy atom. The number of benzene rings is 12. The number of hydrogen-bond donors (Lipinski definition) is 0. The van der Waals surface area contributed by atoms with E-state index < -0.39 is 0 Å². The van der Waals surface area contributed by atoms with E-state index in [1.807, 2.05) is 147 Å². The monoisotopic (exact) mass is 1430 g/mol. The van der Waals surface area contributed by atoms with Gasteiger partial charge in [-0.3, -0.25) is 0 Å². The van der Waals surface area contributed by atoms with E-state index in [9.17, 15) is 0 Å². The van der Waals surface area contributed by atoms with Crippen molar-refractivity contribution in [3.63, 3.8) is 0 Å². The number of thiophene rings is 2. The summed E-state index contributed by atoms with van der Waals surface area (Å²) in [6.45, 7) is 5.91. The summed E-state index contributed by atoms with van der Waals surface area (Å²) in [5, 5.41) is 4.21. The number of nitrogens with zero attached hydrogens (tertiary/aromatic N) is 10. The zero-order valence-corrected chi connectivity index (χ0v) is 60.0. The van der Waals surface area contributed by atoms with E-state index >= 15 is 0 Å². The van der Waals surface area contributed by atoms with Gasteiger partial charge in [0.15, 0.2) is 52.3 Å². The Kier molecular flexibility index (Phi) is 17.8. The van der Waals surface area contributed by atoms with Gasteiger partial charge in [0.25, 0.3) is 0 Å². The van der Waals surface area contributed by atoms with Crippen LogP contribution >= 0.6 is 34.4 Å². The summed E-state index contributed by atoms with van der Waals surface area (Å²) in [7, 11) is 0. The lowest BCUT2D eigenvalue weighted by atomic mass is 10.00. The second-order valence-corrected chi connectivity index (χ2v) is 28.6. The molecule has 0 bridgehead atoms. The molecule has 14 heteroatoms. The molecular formula is C93H60N10OS3. The molecule has 18 aromatic rings. The molecule has 18 rings (SSSR count). The molecule has 6 aromatic heterocycles. The van der Waals surface area contributed by atoms with E-state index in [4.69, 9.17) is 54.6 Å². The summed E-state index contributed by atoms with van der Waals surface area (Å²) < 4.78 is 10.9. The molecule has 0 amide bonds. The van der Waals surface area contributed by atoms with E-state index in [1.54, 1.807) is 46.7 Å². The van der Waals surface area contributed by atoms with Crippen molar-refractivity contribution in [1.29, 1.82) is 0 Å². The van der Waals surface area contributed by atoms with Crippen molar-refractivity contribution in [2.24, 2.45) is 0 Å². The number of ether oxygens (including phenoxy) is 1. The van der Waals surface area contributed by atoms with Crippen LogP contribution in [0, 0.1) is 0 Å². The third kappa shape index (κ3) is 13.1. The van der Waals surface area contributed by atoms with Gasteiger partial charge in [-0.25, -0.2) is 49.8 Å². The van der Waals surface area contributed by atoms with Crippen LogP contribution < -0.4 is 4.74 Å². The van der Waals surface area contributed by atoms with Crippen molar-refractivity contribution in [2.45, 2.75) is 16.7 Å². The van der Waals surface area contributed by atoms with Gasteiger partial charge in [-0.1, -0.05) is 291 Å². The Bertz CT molecular complexity index is 6470. The van der Waals surface area contributed by atoms with Crippen molar-refractivity contribution in [3.05, 3.63) is 346 Å². The predicted octanol–water partition coefficient (Wildman–Crippen LogP) is 24.8. The van der Waals surface area contributed by atoms with Crippen LogP contribution in [0.2, 0.25) is 0 Å². The topological polar surface area (TPSA) is 138 Å². The van der Waals surface area contributed by atoms with Gasteiger partial charge in [0, 0.05) is 107 Å². The van der Waals surface area contributed by atoms with Crippen LogP contribution in [0.1, 0.15) is 12.5 Å². The van der Waals surface area contributed by atoms with Gasteiger partial charge < -0.3 is 4.74 Å². The van der Waals surface area contributed by atoms with Gasteiger partial charge in [-0.2, -0.15) is 0 Å². The van der Waals surface area contributed by atoms with Gasteiger partial charge in [-0.15, -0.1) is 22.7 Å². The quantitative estimate of drug-likeness (QED) is 0.0756. The first-order valence-corrected chi connectivity index (χ1v) is 37.4. The highest BCUT2D eigenvalue weighted by molar-refractivity contribution is 7.99. The van der Waals surface area contributed by atoms with Crippen LogP contribution in [0.5, 0.6) is 11.5 Å². The zero-order chi connectivity index (χ0) is 71.6. The smallest absolute Gasteiger partial charge is 0.172 e. The minimum atomic E-state index is 0.538. The van der Waals surface area contributed by atoms with Crippen molar-refractivity contribution < 1.29 is 4.74 Å². The maximum Gasteiger partial charge on any atom is 0.172 e. The standard InChI is InChI=1S/C93H60N10OS3/c1-3-5-27-58(4-2)59-50-52-63(53-51-59)90-98-88(61-30-13-7-14-31-61)100-92(102-90)72-44-25-49-78-81(72)71-43-24-47-75(85(71)107-78)83-79(105-69-40-19-10-20-41-69)57-95-87(97-83)66-36-21-34-64(54-66)65-35-22-37-67(55-65)91-99-89(62-32-15-8-16-33-62)101-93(103-91)73-45-26-48-77-80(73)70-42-23-46-74(84(70)106-77)82-76(104-68-38-17-9-18-39-68)56-94-86(96-82)60-28-11-6-12-29-60/h3-57H,1H2,2H3/b27-5-,58-4+. The molecule has 0 aliphatic heterocycles. The molecule has 506 valence electrons. The highest BCUT2D eigenvalue weighted by Gasteiger charge is 2.25. The Morgan fingerprint density at radius 2 is 0.776 bits per heavy atom. The van der Waals surface area contributed by atoms with E-state index in [-0.39, 0.29) is 0 Å². The second-order valence-electron chi connectivity index (χ2n) is 25.4. The Labute approximate surface area is 629 Å². The molecule has 0 aliphatic rings. The summed E-state index contributed by atoms with van der Waals surface area (Å²) >= 11 is 5.10.